The van der Waals surface area contributed by atoms with Gasteiger partial charge in [0.25, 0.3) is 0 Å². The third-order valence-electron chi connectivity index (χ3n) is 5.73. The van der Waals surface area contributed by atoms with E-state index in [1.807, 2.05) is 0 Å². The molecule has 4 N–H and O–H groups in total. The van der Waals surface area contributed by atoms with Crippen molar-refractivity contribution in [2.24, 2.45) is 16.9 Å². The van der Waals surface area contributed by atoms with Gasteiger partial charge in [-0.25, -0.2) is 4.79 Å². The number of benzene rings is 1. The third kappa shape index (κ3) is 3.82. The first kappa shape index (κ1) is 23.8. The Morgan fingerprint density at radius 3 is 2.36 bits per heavy atom. The normalized spacial score (nSPS) is 26.4. The quantitative estimate of drug-likeness (QED) is 0.639. The lowest BCUT2D eigenvalue weighted by Crippen LogP contribution is -2.48. The van der Waals surface area contributed by atoms with Crippen molar-refractivity contribution in [2.75, 3.05) is 0 Å². The smallest absolute Gasteiger partial charge is 0.416 e. The van der Waals surface area contributed by atoms with Gasteiger partial charge < -0.3 is 21.1 Å². The van der Waals surface area contributed by atoms with Crippen LogP contribution in [0.4, 0.5) is 13.2 Å². The molecule has 8 nitrogen and oxygen atoms in total. The van der Waals surface area contributed by atoms with Gasteiger partial charge in [-0.05, 0) is 31.6 Å². The summed E-state index contributed by atoms with van der Waals surface area (Å²) in [6, 6.07) is 3.31. The molecule has 0 spiro atoms. The molecule has 4 atom stereocenters. The predicted molar refractivity (Wildman–Crippen MR) is 108 cm³/mol. The maximum atomic E-state index is 13.9. The van der Waals surface area contributed by atoms with Crippen LogP contribution in [-0.2, 0) is 25.3 Å². The van der Waals surface area contributed by atoms with Gasteiger partial charge in [0.2, 0.25) is 11.8 Å². The first-order valence-corrected chi connectivity index (χ1v) is 9.91. The zero-order chi connectivity index (χ0) is 24.7. The second kappa shape index (κ2) is 8.27. The summed E-state index contributed by atoms with van der Waals surface area (Å²) in [5.41, 5.74) is 7.00. The number of carbonyl (C=O) groups is 3. The van der Waals surface area contributed by atoms with E-state index in [2.05, 4.69) is 0 Å². The Hall–Kier alpha value is -3.81. The van der Waals surface area contributed by atoms with Crippen LogP contribution in [0.15, 0.2) is 48.2 Å². The van der Waals surface area contributed by atoms with Crippen LogP contribution in [0.5, 0.6) is 0 Å². The van der Waals surface area contributed by atoms with Crippen LogP contribution in [-0.4, -0.2) is 40.9 Å². The number of nitriles is 1. The minimum absolute atomic E-state index is 0.0744. The largest absolute Gasteiger partial charge is 0.461 e. The van der Waals surface area contributed by atoms with Crippen LogP contribution in [0.2, 0.25) is 0 Å². The number of hydrogen-bond donors (Lipinski definition) is 2. The van der Waals surface area contributed by atoms with Crippen molar-refractivity contribution in [3.63, 3.8) is 0 Å². The van der Waals surface area contributed by atoms with Gasteiger partial charge in [0.1, 0.15) is 6.04 Å². The monoisotopic (exact) mass is 462 g/mol. The standard InChI is InChI=1S/C22H21F3N4O4/c1-11(2)33-19(31)17-16(13-5-3-4-6-14(13)22(23,24)25)21(10-26,20(28)32)15-8-7-12(18(27)30)9-29(15)17/h3-9,11,15-17H,1-2H3,(H2,27,30)(H2,28,32)/t15-,16-,17-,21+/m0/s1. The summed E-state index contributed by atoms with van der Waals surface area (Å²) in [5.74, 6) is -4.74. The summed E-state index contributed by atoms with van der Waals surface area (Å²) in [5, 5.41) is 10.2. The van der Waals surface area contributed by atoms with E-state index >= 15 is 0 Å². The molecule has 174 valence electrons. The number of esters is 1. The van der Waals surface area contributed by atoms with Gasteiger partial charge in [0.15, 0.2) is 5.41 Å². The van der Waals surface area contributed by atoms with Crippen LogP contribution in [0.25, 0.3) is 0 Å². The Labute approximate surface area is 187 Å². The summed E-state index contributed by atoms with van der Waals surface area (Å²) in [6.07, 6.45) is -1.86. The van der Waals surface area contributed by atoms with E-state index in [1.165, 1.54) is 32.1 Å². The highest BCUT2D eigenvalue weighted by molar-refractivity contribution is 5.96. The zero-order valence-electron chi connectivity index (χ0n) is 17.7. The number of fused-ring (bicyclic) bond motifs is 1. The summed E-state index contributed by atoms with van der Waals surface area (Å²) in [4.78, 5) is 38.9. The molecule has 0 aromatic heterocycles. The minimum atomic E-state index is -4.85. The van der Waals surface area contributed by atoms with E-state index in [9.17, 15) is 32.8 Å². The van der Waals surface area contributed by atoms with Crippen LogP contribution >= 0.6 is 0 Å². The number of alkyl halides is 3. The van der Waals surface area contributed by atoms with E-state index in [1.54, 1.807) is 6.07 Å². The molecule has 33 heavy (non-hydrogen) atoms. The van der Waals surface area contributed by atoms with Crippen LogP contribution in [0.3, 0.4) is 0 Å². The van der Waals surface area contributed by atoms with Crippen LogP contribution in [0, 0.1) is 16.7 Å². The average Bonchev–Trinajstić information content (AvgIpc) is 3.03. The molecule has 11 heteroatoms. The van der Waals surface area contributed by atoms with Crippen molar-refractivity contribution in [2.45, 2.75) is 44.1 Å². The van der Waals surface area contributed by atoms with Gasteiger partial charge >= 0.3 is 12.1 Å². The molecule has 0 radical (unpaired) electrons. The van der Waals surface area contributed by atoms with Crippen LogP contribution in [0.1, 0.15) is 30.9 Å². The van der Waals surface area contributed by atoms with Gasteiger partial charge in [0, 0.05) is 12.1 Å². The number of primary amides is 2. The number of nitrogens with two attached hydrogens (primary N) is 2. The molecule has 1 saturated heterocycles. The lowest BCUT2D eigenvalue weighted by molar-refractivity contribution is -0.153. The fraction of sp³-hybridized carbons (Fsp3) is 0.364. The Bertz CT molecular complexity index is 1110. The molecule has 0 unspecified atom stereocenters. The van der Waals surface area contributed by atoms with Crippen molar-refractivity contribution in [1.82, 2.24) is 4.90 Å². The predicted octanol–water partition coefficient (Wildman–Crippen LogP) is 1.73. The van der Waals surface area contributed by atoms with E-state index in [0.717, 1.165) is 29.3 Å². The topological polar surface area (TPSA) is 140 Å². The summed E-state index contributed by atoms with van der Waals surface area (Å²) < 4.78 is 47.0. The van der Waals surface area contributed by atoms with E-state index < -0.39 is 64.6 Å². The Morgan fingerprint density at radius 1 is 1.21 bits per heavy atom. The molecule has 3 rings (SSSR count). The number of carbonyl (C=O) groups excluding carboxylic acids is 3. The van der Waals surface area contributed by atoms with Crippen molar-refractivity contribution in [3.05, 3.63) is 59.3 Å². The Balaban J connectivity index is 2.37. The maximum absolute atomic E-state index is 13.9. The van der Waals surface area contributed by atoms with E-state index in [0.29, 0.717) is 0 Å². The highest BCUT2D eigenvalue weighted by Gasteiger charge is 2.66. The molecule has 0 aliphatic carbocycles. The second-order valence-corrected chi connectivity index (χ2v) is 8.04. The maximum Gasteiger partial charge on any atom is 0.416 e. The number of halogens is 3. The van der Waals surface area contributed by atoms with Crippen molar-refractivity contribution in [1.29, 1.82) is 5.26 Å². The lowest BCUT2D eigenvalue weighted by Gasteiger charge is -2.32. The fourth-order valence-corrected chi connectivity index (χ4v) is 4.46. The fourth-order valence-electron chi connectivity index (χ4n) is 4.46. The number of nitrogens with zero attached hydrogens (tertiary/aromatic N) is 2. The lowest BCUT2D eigenvalue weighted by atomic mass is 9.67. The molecule has 0 bridgehead atoms. The first-order valence-electron chi connectivity index (χ1n) is 9.91. The second-order valence-electron chi connectivity index (χ2n) is 8.04. The number of ether oxygens (including phenoxy) is 1. The van der Waals surface area contributed by atoms with Crippen molar-refractivity contribution in [3.8, 4) is 6.07 Å². The molecule has 2 heterocycles. The molecule has 1 fully saturated rings. The minimum Gasteiger partial charge on any atom is -0.461 e. The molecule has 1 aromatic carbocycles. The number of rotatable bonds is 5. The van der Waals surface area contributed by atoms with Gasteiger partial charge in [-0.1, -0.05) is 24.3 Å². The highest BCUT2D eigenvalue weighted by Crippen LogP contribution is 2.55. The Kier molecular flexibility index (Phi) is 5.98. The molecule has 1 aromatic rings. The Morgan fingerprint density at radius 2 is 1.85 bits per heavy atom. The summed E-state index contributed by atoms with van der Waals surface area (Å²) in [6.45, 7) is 3.07. The number of amides is 2. The molecule has 0 saturated carbocycles. The summed E-state index contributed by atoms with van der Waals surface area (Å²) in [7, 11) is 0. The van der Waals surface area contributed by atoms with Gasteiger partial charge in [-0.15, -0.1) is 0 Å². The van der Waals surface area contributed by atoms with E-state index in [-0.39, 0.29) is 5.57 Å². The van der Waals surface area contributed by atoms with E-state index in [4.69, 9.17) is 16.2 Å². The summed E-state index contributed by atoms with van der Waals surface area (Å²) >= 11 is 0. The van der Waals surface area contributed by atoms with Crippen LogP contribution < -0.4 is 11.5 Å². The molecule has 2 amide bonds. The van der Waals surface area contributed by atoms with Gasteiger partial charge in [-0.3, -0.25) is 9.59 Å². The zero-order valence-corrected chi connectivity index (χ0v) is 17.7. The third-order valence-corrected chi connectivity index (χ3v) is 5.73. The number of hydrogen-bond acceptors (Lipinski definition) is 6. The van der Waals surface area contributed by atoms with Gasteiger partial charge in [-0.2, -0.15) is 18.4 Å². The van der Waals surface area contributed by atoms with Crippen molar-refractivity contribution >= 4 is 17.8 Å². The SMILES string of the molecule is CC(C)OC(=O)[C@@H]1[C@H](c2ccccc2C(F)(F)F)[C@](C#N)(C(N)=O)[C@@H]2C=CC(C(N)=O)=CN12. The van der Waals surface area contributed by atoms with Gasteiger partial charge in [0.05, 0.1) is 29.4 Å². The van der Waals surface area contributed by atoms with Crippen molar-refractivity contribution < 1.29 is 32.3 Å². The molecule has 2 aliphatic heterocycles. The average molecular weight is 462 g/mol. The first-order chi connectivity index (χ1) is 15.4. The molecular weight excluding hydrogens is 441 g/mol. The highest BCUT2D eigenvalue weighted by atomic mass is 19.4. The molecule has 2 aliphatic rings. The molecular formula is C22H21F3N4O4.